The fourth-order valence-electron chi connectivity index (χ4n) is 5.08. The van der Waals surface area contributed by atoms with E-state index in [9.17, 15) is 4.79 Å². The molecule has 1 N–H and O–H groups in total. The van der Waals surface area contributed by atoms with E-state index in [0.29, 0.717) is 17.7 Å². The zero-order valence-corrected chi connectivity index (χ0v) is 17.6. The summed E-state index contributed by atoms with van der Waals surface area (Å²) in [5.74, 6) is 1.82. The first kappa shape index (κ1) is 19.6. The van der Waals surface area contributed by atoms with Crippen molar-refractivity contribution in [1.29, 1.82) is 0 Å². The van der Waals surface area contributed by atoms with Crippen LogP contribution in [-0.4, -0.2) is 65.9 Å². The molecule has 8 nitrogen and oxygen atoms in total. The lowest BCUT2D eigenvalue weighted by Crippen LogP contribution is -2.58. The molecule has 160 valence electrons. The lowest BCUT2D eigenvalue weighted by molar-refractivity contribution is -0.129. The van der Waals surface area contributed by atoms with E-state index >= 15 is 0 Å². The van der Waals surface area contributed by atoms with E-state index in [1.54, 1.807) is 4.90 Å². The largest absolute Gasteiger partial charge is 0.424 e. The molecule has 0 aliphatic carbocycles. The van der Waals surface area contributed by atoms with Crippen LogP contribution in [0.4, 0.5) is 0 Å². The molecule has 3 fully saturated rings. The predicted octanol–water partition coefficient (Wildman–Crippen LogP) is 1.83. The average molecular weight is 412 g/mol. The third-order valence-corrected chi connectivity index (χ3v) is 7.07. The molecule has 1 amide bonds. The number of rotatable bonds is 5. The quantitative estimate of drug-likeness (QED) is 0.750. The van der Waals surface area contributed by atoms with Gasteiger partial charge in [-0.3, -0.25) is 9.78 Å². The van der Waals surface area contributed by atoms with Crippen LogP contribution in [0.2, 0.25) is 0 Å². The third kappa shape index (κ3) is 3.22. The Hall–Kier alpha value is -2.32. The molecule has 5 heterocycles. The molecule has 30 heavy (non-hydrogen) atoms. The molecule has 0 aromatic carbocycles. The van der Waals surface area contributed by atoms with Crippen molar-refractivity contribution in [1.82, 2.24) is 25.4 Å². The minimum Gasteiger partial charge on any atom is -0.424 e. The molecule has 0 bridgehead atoms. The van der Waals surface area contributed by atoms with Gasteiger partial charge in [0.15, 0.2) is 0 Å². The minimum absolute atomic E-state index is 0.01000. The Balaban J connectivity index is 1.38. The molecule has 3 aliphatic heterocycles. The van der Waals surface area contributed by atoms with Gasteiger partial charge in [0.2, 0.25) is 18.2 Å². The van der Waals surface area contributed by atoms with Gasteiger partial charge in [0.05, 0.1) is 17.0 Å². The number of ether oxygens (including phenoxy) is 1. The monoisotopic (exact) mass is 411 g/mol. The van der Waals surface area contributed by atoms with Crippen molar-refractivity contribution in [2.75, 3.05) is 39.4 Å². The van der Waals surface area contributed by atoms with E-state index in [4.69, 9.17) is 14.1 Å². The Bertz CT molecular complexity index is 915. The van der Waals surface area contributed by atoms with Crippen molar-refractivity contribution in [3.8, 4) is 0 Å². The molecule has 3 aliphatic rings. The maximum atomic E-state index is 11.0. The summed E-state index contributed by atoms with van der Waals surface area (Å²) in [6.45, 7) is 8.91. The van der Waals surface area contributed by atoms with Crippen molar-refractivity contribution < 1.29 is 13.9 Å². The van der Waals surface area contributed by atoms with Crippen molar-refractivity contribution >= 4 is 6.41 Å². The van der Waals surface area contributed by atoms with Crippen LogP contribution in [0.1, 0.15) is 61.7 Å². The number of hydrogen-bond donors (Lipinski definition) is 1. The topological polar surface area (TPSA) is 93.4 Å². The number of nitrogens with one attached hydrogen (secondary N) is 1. The highest BCUT2D eigenvalue weighted by Gasteiger charge is 2.54. The predicted molar refractivity (Wildman–Crippen MR) is 109 cm³/mol. The molecule has 2 aromatic rings. The Kier molecular flexibility index (Phi) is 4.86. The summed E-state index contributed by atoms with van der Waals surface area (Å²) in [5.41, 5.74) is 1.58. The van der Waals surface area contributed by atoms with Crippen molar-refractivity contribution in [3.63, 3.8) is 0 Å². The third-order valence-electron chi connectivity index (χ3n) is 7.07. The number of amides is 1. The first-order chi connectivity index (χ1) is 14.5. The first-order valence-corrected chi connectivity index (χ1v) is 10.8. The molecule has 1 spiro atoms. The normalized spacial score (nSPS) is 24.2. The maximum Gasteiger partial charge on any atom is 0.228 e. The summed E-state index contributed by atoms with van der Waals surface area (Å²) in [7, 11) is 0. The zero-order valence-electron chi connectivity index (χ0n) is 17.6. The van der Waals surface area contributed by atoms with Crippen LogP contribution in [0.25, 0.3) is 0 Å². The number of carbonyl (C=O) groups excluding carboxylic acids is 1. The fraction of sp³-hybridized carbons (Fsp3) is 0.636. The fourth-order valence-corrected chi connectivity index (χ4v) is 5.08. The second kappa shape index (κ2) is 7.42. The van der Waals surface area contributed by atoms with Gasteiger partial charge < -0.3 is 19.4 Å². The number of carbonyl (C=O) groups is 1. The number of hydrogen-bond acceptors (Lipinski definition) is 7. The molecule has 3 saturated heterocycles. The Morgan fingerprint density at radius 2 is 2.03 bits per heavy atom. The van der Waals surface area contributed by atoms with E-state index in [1.165, 1.54) is 0 Å². The molecule has 1 atom stereocenters. The standard InChI is InChI=1S/C22H29N5O3/c1-21(2,18-5-3-4-17(24-18)15-6-8-29-9-7-15)20-26-25-19(30-20)16-10-23-11-22(16)12-27(13-22)14-28/h3-5,14-16,23H,6-13H2,1-2H3. The average Bonchev–Trinajstić information content (AvgIpc) is 3.41. The van der Waals surface area contributed by atoms with Gasteiger partial charge in [-0.1, -0.05) is 6.07 Å². The van der Waals surface area contributed by atoms with Crippen LogP contribution < -0.4 is 5.32 Å². The van der Waals surface area contributed by atoms with Crippen LogP contribution in [0.3, 0.4) is 0 Å². The Labute approximate surface area is 176 Å². The van der Waals surface area contributed by atoms with E-state index in [-0.39, 0.29) is 11.3 Å². The molecule has 5 rings (SSSR count). The first-order valence-electron chi connectivity index (χ1n) is 10.8. The van der Waals surface area contributed by atoms with Gasteiger partial charge in [-0.15, -0.1) is 10.2 Å². The summed E-state index contributed by atoms with van der Waals surface area (Å²) in [6.07, 6.45) is 2.94. The van der Waals surface area contributed by atoms with Crippen LogP contribution in [0, 0.1) is 5.41 Å². The van der Waals surface area contributed by atoms with E-state index in [0.717, 1.165) is 70.0 Å². The van der Waals surface area contributed by atoms with Crippen molar-refractivity contribution in [2.45, 2.75) is 43.9 Å². The van der Waals surface area contributed by atoms with Gasteiger partial charge in [-0.05, 0) is 38.8 Å². The highest BCUT2D eigenvalue weighted by Crippen LogP contribution is 2.45. The van der Waals surface area contributed by atoms with Gasteiger partial charge in [0.1, 0.15) is 0 Å². The Morgan fingerprint density at radius 3 is 2.80 bits per heavy atom. The smallest absolute Gasteiger partial charge is 0.228 e. The van der Waals surface area contributed by atoms with Crippen LogP contribution >= 0.6 is 0 Å². The van der Waals surface area contributed by atoms with Crippen LogP contribution in [-0.2, 0) is 14.9 Å². The summed E-state index contributed by atoms with van der Waals surface area (Å²) in [6, 6.07) is 6.22. The number of likely N-dealkylation sites (tertiary alicyclic amines) is 1. The number of aromatic nitrogens is 3. The number of nitrogens with zero attached hydrogens (tertiary/aromatic N) is 4. The van der Waals surface area contributed by atoms with E-state index in [1.807, 2.05) is 6.07 Å². The van der Waals surface area contributed by atoms with Gasteiger partial charge in [-0.25, -0.2) is 0 Å². The Morgan fingerprint density at radius 1 is 1.23 bits per heavy atom. The summed E-state index contributed by atoms with van der Waals surface area (Å²) in [5, 5.41) is 12.3. The summed E-state index contributed by atoms with van der Waals surface area (Å²) in [4.78, 5) is 17.8. The molecule has 2 aromatic heterocycles. The molecule has 0 radical (unpaired) electrons. The highest BCUT2D eigenvalue weighted by molar-refractivity contribution is 5.50. The molecular formula is C22H29N5O3. The summed E-state index contributed by atoms with van der Waals surface area (Å²) >= 11 is 0. The second-order valence-corrected chi connectivity index (χ2v) is 9.46. The van der Waals surface area contributed by atoms with Crippen molar-refractivity contribution in [3.05, 3.63) is 41.4 Å². The maximum absolute atomic E-state index is 11.0. The summed E-state index contributed by atoms with van der Waals surface area (Å²) < 4.78 is 11.7. The molecule has 8 heteroatoms. The molecular weight excluding hydrogens is 382 g/mol. The lowest BCUT2D eigenvalue weighted by Gasteiger charge is -2.48. The molecule has 0 saturated carbocycles. The zero-order chi connectivity index (χ0) is 20.8. The number of pyridine rings is 1. The molecule has 1 unspecified atom stereocenters. The van der Waals surface area contributed by atoms with Gasteiger partial charge in [0.25, 0.3) is 0 Å². The second-order valence-electron chi connectivity index (χ2n) is 9.46. The van der Waals surface area contributed by atoms with Gasteiger partial charge in [0, 0.05) is 56.4 Å². The van der Waals surface area contributed by atoms with Crippen LogP contribution in [0.15, 0.2) is 22.6 Å². The van der Waals surface area contributed by atoms with Gasteiger partial charge in [-0.2, -0.15) is 0 Å². The highest BCUT2D eigenvalue weighted by atomic mass is 16.5. The SMILES string of the molecule is CC(C)(c1cccc(C2CCOCC2)n1)c1nnc(C2CNCC23CN(C=O)C3)o1. The lowest BCUT2D eigenvalue weighted by atomic mass is 9.72. The van der Waals surface area contributed by atoms with E-state index < -0.39 is 5.41 Å². The minimum atomic E-state index is -0.486. The van der Waals surface area contributed by atoms with Gasteiger partial charge >= 0.3 is 0 Å². The van der Waals surface area contributed by atoms with Crippen molar-refractivity contribution in [2.24, 2.45) is 5.41 Å². The van der Waals surface area contributed by atoms with Crippen LogP contribution in [0.5, 0.6) is 0 Å². The van der Waals surface area contributed by atoms with E-state index in [2.05, 4.69) is 41.5 Å².